The highest BCUT2D eigenvalue weighted by atomic mass is 35.5. The largest absolute Gasteiger partial charge is 0.377 e. The van der Waals surface area contributed by atoms with E-state index in [1.807, 2.05) is 26.8 Å². The zero-order valence-corrected chi connectivity index (χ0v) is 10.7. The molecule has 2 rings (SSSR count). The van der Waals surface area contributed by atoms with E-state index in [0.717, 1.165) is 22.7 Å². The standard InChI is InChI=1S/C12H14ClN3O/c1-7(12-8(2)16-17-9(12)3)15-11-4-5-14-6-10(11)13/h4-7H,1-3H3,(H,14,15). The second kappa shape index (κ2) is 4.75. The molecule has 4 nitrogen and oxygen atoms in total. The van der Waals surface area contributed by atoms with Crippen LogP contribution < -0.4 is 5.32 Å². The van der Waals surface area contributed by atoms with Gasteiger partial charge >= 0.3 is 0 Å². The fourth-order valence-corrected chi connectivity index (χ4v) is 2.08. The number of anilines is 1. The average Bonchev–Trinajstić information content (AvgIpc) is 2.62. The predicted octanol–water partition coefficient (Wildman–Crippen LogP) is 3.51. The van der Waals surface area contributed by atoms with Gasteiger partial charge in [0.15, 0.2) is 0 Å². The van der Waals surface area contributed by atoms with E-state index in [1.165, 1.54) is 0 Å². The monoisotopic (exact) mass is 251 g/mol. The molecule has 0 radical (unpaired) electrons. The molecule has 2 aromatic heterocycles. The van der Waals surface area contributed by atoms with E-state index in [1.54, 1.807) is 12.4 Å². The number of nitrogens with zero attached hydrogens (tertiary/aromatic N) is 2. The minimum absolute atomic E-state index is 0.0844. The van der Waals surface area contributed by atoms with Gasteiger partial charge in [0.05, 0.1) is 22.4 Å². The van der Waals surface area contributed by atoms with Gasteiger partial charge in [0.1, 0.15) is 5.76 Å². The Morgan fingerprint density at radius 2 is 2.18 bits per heavy atom. The van der Waals surface area contributed by atoms with Gasteiger partial charge in [0, 0.05) is 18.0 Å². The molecule has 2 heterocycles. The van der Waals surface area contributed by atoms with Crippen LogP contribution in [0.2, 0.25) is 5.02 Å². The van der Waals surface area contributed by atoms with Gasteiger partial charge in [-0.3, -0.25) is 4.98 Å². The van der Waals surface area contributed by atoms with Gasteiger partial charge in [-0.1, -0.05) is 16.8 Å². The van der Waals surface area contributed by atoms with Crippen LogP contribution >= 0.6 is 11.6 Å². The van der Waals surface area contributed by atoms with Crippen molar-refractivity contribution in [1.82, 2.24) is 10.1 Å². The summed E-state index contributed by atoms with van der Waals surface area (Å²) in [6.07, 6.45) is 3.32. The first-order valence-electron chi connectivity index (χ1n) is 5.38. The molecule has 0 aliphatic rings. The van der Waals surface area contributed by atoms with E-state index < -0.39 is 0 Å². The number of nitrogens with one attached hydrogen (secondary N) is 1. The highest BCUT2D eigenvalue weighted by molar-refractivity contribution is 6.33. The SMILES string of the molecule is Cc1noc(C)c1C(C)Nc1ccncc1Cl. The van der Waals surface area contributed by atoms with Crippen LogP contribution in [0.25, 0.3) is 0 Å². The summed E-state index contributed by atoms with van der Waals surface area (Å²) in [5.74, 6) is 0.827. The van der Waals surface area contributed by atoms with E-state index in [2.05, 4.69) is 15.5 Å². The van der Waals surface area contributed by atoms with Gasteiger partial charge in [0.2, 0.25) is 0 Å². The van der Waals surface area contributed by atoms with Crippen LogP contribution in [0.5, 0.6) is 0 Å². The summed E-state index contributed by atoms with van der Waals surface area (Å²) in [5, 5.41) is 7.87. The summed E-state index contributed by atoms with van der Waals surface area (Å²) in [4.78, 5) is 3.95. The lowest BCUT2D eigenvalue weighted by Gasteiger charge is -2.15. The predicted molar refractivity (Wildman–Crippen MR) is 67.3 cm³/mol. The van der Waals surface area contributed by atoms with Crippen molar-refractivity contribution in [2.45, 2.75) is 26.8 Å². The molecule has 0 aliphatic carbocycles. The maximum atomic E-state index is 6.05. The van der Waals surface area contributed by atoms with Crippen molar-refractivity contribution < 1.29 is 4.52 Å². The van der Waals surface area contributed by atoms with Crippen molar-refractivity contribution in [1.29, 1.82) is 0 Å². The fourth-order valence-electron chi connectivity index (χ4n) is 1.91. The normalized spacial score (nSPS) is 12.5. The molecule has 5 heteroatoms. The summed E-state index contributed by atoms with van der Waals surface area (Å²) in [7, 11) is 0. The maximum Gasteiger partial charge on any atom is 0.139 e. The maximum absolute atomic E-state index is 6.05. The van der Waals surface area contributed by atoms with Crippen LogP contribution in [-0.4, -0.2) is 10.1 Å². The quantitative estimate of drug-likeness (QED) is 0.907. The van der Waals surface area contributed by atoms with Crippen molar-refractivity contribution in [3.05, 3.63) is 40.5 Å². The molecule has 0 amide bonds. The zero-order valence-electron chi connectivity index (χ0n) is 9.99. The Labute approximate surface area is 105 Å². The Bertz CT molecular complexity index is 505. The third-order valence-electron chi connectivity index (χ3n) is 2.67. The molecule has 0 bridgehead atoms. The second-order valence-corrected chi connectivity index (χ2v) is 4.37. The second-order valence-electron chi connectivity index (χ2n) is 3.96. The van der Waals surface area contributed by atoms with Crippen LogP contribution in [0.15, 0.2) is 23.0 Å². The third kappa shape index (κ3) is 2.42. The Kier molecular flexibility index (Phi) is 3.33. The summed E-state index contributed by atoms with van der Waals surface area (Å²) in [6.45, 7) is 5.88. The summed E-state index contributed by atoms with van der Waals surface area (Å²) < 4.78 is 5.15. The minimum Gasteiger partial charge on any atom is -0.377 e. The lowest BCUT2D eigenvalue weighted by Crippen LogP contribution is -2.08. The van der Waals surface area contributed by atoms with Crippen LogP contribution in [0.1, 0.15) is 30.0 Å². The van der Waals surface area contributed by atoms with Gasteiger partial charge in [-0.2, -0.15) is 0 Å². The Balaban J connectivity index is 2.23. The molecule has 17 heavy (non-hydrogen) atoms. The molecular weight excluding hydrogens is 238 g/mol. The van der Waals surface area contributed by atoms with Crippen LogP contribution in [0.3, 0.4) is 0 Å². The van der Waals surface area contributed by atoms with Crippen LogP contribution in [0.4, 0.5) is 5.69 Å². The smallest absolute Gasteiger partial charge is 0.139 e. The lowest BCUT2D eigenvalue weighted by molar-refractivity contribution is 0.392. The summed E-state index contributed by atoms with van der Waals surface area (Å²) >= 11 is 6.05. The first-order valence-corrected chi connectivity index (χ1v) is 5.76. The number of hydrogen-bond donors (Lipinski definition) is 1. The fraction of sp³-hybridized carbons (Fsp3) is 0.333. The van der Waals surface area contributed by atoms with Gasteiger partial charge < -0.3 is 9.84 Å². The number of pyridine rings is 1. The molecule has 0 spiro atoms. The third-order valence-corrected chi connectivity index (χ3v) is 2.97. The zero-order chi connectivity index (χ0) is 12.4. The Morgan fingerprint density at radius 1 is 1.41 bits per heavy atom. The highest BCUT2D eigenvalue weighted by Crippen LogP contribution is 2.27. The first-order chi connectivity index (χ1) is 8.09. The van der Waals surface area contributed by atoms with E-state index in [-0.39, 0.29) is 6.04 Å². The Morgan fingerprint density at radius 3 is 2.76 bits per heavy atom. The molecule has 1 N–H and O–H groups in total. The number of halogens is 1. The van der Waals surface area contributed by atoms with Crippen molar-refractivity contribution in [2.75, 3.05) is 5.32 Å². The molecule has 0 fully saturated rings. The Hall–Kier alpha value is -1.55. The van der Waals surface area contributed by atoms with Crippen molar-refractivity contribution in [3.63, 3.8) is 0 Å². The summed E-state index contributed by atoms with van der Waals surface area (Å²) in [5.41, 5.74) is 2.82. The highest BCUT2D eigenvalue weighted by Gasteiger charge is 2.16. The molecular formula is C12H14ClN3O. The minimum atomic E-state index is 0.0844. The van der Waals surface area contributed by atoms with E-state index in [4.69, 9.17) is 16.1 Å². The number of rotatable bonds is 3. The first kappa shape index (κ1) is 11.9. The van der Waals surface area contributed by atoms with E-state index in [9.17, 15) is 0 Å². The van der Waals surface area contributed by atoms with Crippen LogP contribution in [-0.2, 0) is 0 Å². The molecule has 0 saturated carbocycles. The molecule has 90 valence electrons. The van der Waals surface area contributed by atoms with Gasteiger partial charge in [-0.25, -0.2) is 0 Å². The van der Waals surface area contributed by atoms with Gasteiger partial charge in [-0.05, 0) is 26.8 Å². The van der Waals surface area contributed by atoms with E-state index in [0.29, 0.717) is 5.02 Å². The summed E-state index contributed by atoms with van der Waals surface area (Å²) in [6, 6.07) is 1.93. The van der Waals surface area contributed by atoms with Crippen LogP contribution in [0, 0.1) is 13.8 Å². The van der Waals surface area contributed by atoms with Gasteiger partial charge in [0.25, 0.3) is 0 Å². The van der Waals surface area contributed by atoms with E-state index >= 15 is 0 Å². The number of aryl methyl sites for hydroxylation is 2. The van der Waals surface area contributed by atoms with Crippen molar-refractivity contribution in [3.8, 4) is 0 Å². The number of aromatic nitrogens is 2. The van der Waals surface area contributed by atoms with Crippen molar-refractivity contribution >= 4 is 17.3 Å². The molecule has 1 atom stereocenters. The molecule has 1 unspecified atom stereocenters. The van der Waals surface area contributed by atoms with Gasteiger partial charge in [-0.15, -0.1) is 0 Å². The lowest BCUT2D eigenvalue weighted by atomic mass is 10.1. The molecule has 0 aromatic carbocycles. The topological polar surface area (TPSA) is 51.0 Å². The molecule has 2 aromatic rings. The average molecular weight is 252 g/mol. The molecule has 0 saturated heterocycles. The molecule has 0 aliphatic heterocycles. The van der Waals surface area contributed by atoms with Crippen molar-refractivity contribution in [2.24, 2.45) is 0 Å². The number of hydrogen-bond acceptors (Lipinski definition) is 4.